The van der Waals surface area contributed by atoms with Gasteiger partial charge in [-0.2, -0.15) is 0 Å². The molecule has 0 nitrogen and oxygen atoms in total. The van der Waals surface area contributed by atoms with E-state index in [0.717, 1.165) is 23.7 Å². The molecule has 0 aliphatic heterocycles. The van der Waals surface area contributed by atoms with E-state index >= 15 is 0 Å². The second kappa shape index (κ2) is 32.6. The van der Waals surface area contributed by atoms with Gasteiger partial charge in [0.05, 0.1) is 0 Å². The SMILES string of the molecule is Cc1cc(C(C)(C)C)cc(C(C)(C)C)c1.Cc1cc(C2CCCCC2)cc(C2CCCCC2)c1.Cc1ccc(C(C)(C)C)cc1.Cc1ccc(C2CCCCC2)cc1.Cc1cccc(C(C)(C)C)c1.Cc1cccc(C2CCCCC2)c1. The highest BCUT2D eigenvalue weighted by atomic mass is 14.3. The van der Waals surface area contributed by atoms with Crippen LogP contribution in [0.25, 0.3) is 0 Å². The molecular weight excluding hydrogens is 985 g/mol. The standard InChI is InChI=1S/C19H28.C15H24.2C13H18.2C11H16/c1-15-12-18(16-8-4-2-5-9-16)14-19(13-15)17-10-6-3-7-11-17;1-11-8-12(14(2,3)4)10-13(9-11)15(5,6)7;1-11-6-5-9-13(10-11)12-7-3-2-4-8-12;1-11-7-9-13(10-8-11)12-5-3-2-4-6-12;1-9-5-7-10(8-6-9)11(2,3)4;1-9-6-5-7-10(8-9)11(2,3)4/h12-14,16-17H,2-11H2,1H3;8-10H,1-7H3;5-6,9-10,12H,2-4,7-8H2,1H3;7-10,12H,2-6H2,1H3;2*5-8H,1-4H3. The summed E-state index contributed by atoms with van der Waals surface area (Å²) in [7, 11) is 0. The van der Waals surface area contributed by atoms with Crippen LogP contribution in [0.2, 0.25) is 0 Å². The van der Waals surface area contributed by atoms with E-state index in [0.29, 0.717) is 0 Å². The molecule has 0 heteroatoms. The first-order valence-corrected chi connectivity index (χ1v) is 33.2. The molecule has 4 fully saturated rings. The molecule has 0 amide bonds. The third-order valence-electron chi connectivity index (χ3n) is 18.2. The molecular formula is C82H120. The average molecular weight is 1110 g/mol. The fraction of sp³-hybridized carbons (Fsp3) is 0.561. The molecule has 4 aliphatic rings. The lowest BCUT2D eigenvalue weighted by Crippen LogP contribution is -2.16. The van der Waals surface area contributed by atoms with Crippen molar-refractivity contribution >= 4 is 0 Å². The van der Waals surface area contributed by atoms with Crippen LogP contribution in [0.4, 0.5) is 0 Å². The number of hydrogen-bond donors (Lipinski definition) is 0. The monoisotopic (exact) mass is 1100 g/mol. The second-order valence-corrected chi connectivity index (χ2v) is 30.2. The van der Waals surface area contributed by atoms with Crippen molar-refractivity contribution in [3.63, 3.8) is 0 Å². The summed E-state index contributed by atoms with van der Waals surface area (Å²) in [6.45, 7) is 40.1. The van der Waals surface area contributed by atoms with Crippen molar-refractivity contribution in [3.05, 3.63) is 211 Å². The van der Waals surface area contributed by atoms with Crippen molar-refractivity contribution in [1.29, 1.82) is 0 Å². The summed E-state index contributed by atoms with van der Waals surface area (Å²) in [6, 6.07) is 50.0. The van der Waals surface area contributed by atoms with E-state index in [1.165, 1.54) is 184 Å². The van der Waals surface area contributed by atoms with Gasteiger partial charge in [-0.3, -0.25) is 0 Å². The van der Waals surface area contributed by atoms with Gasteiger partial charge in [-0.05, 0) is 183 Å². The Morgan fingerprint density at radius 3 is 0.878 bits per heavy atom. The number of rotatable bonds is 4. The number of hydrogen-bond acceptors (Lipinski definition) is 0. The van der Waals surface area contributed by atoms with Crippen LogP contribution in [0.1, 0.15) is 313 Å². The Labute approximate surface area is 507 Å². The normalized spacial score (nSPS) is 16.7. The first-order chi connectivity index (χ1) is 38.6. The third kappa shape index (κ3) is 24.1. The van der Waals surface area contributed by atoms with E-state index in [2.05, 4.69) is 258 Å². The highest BCUT2D eigenvalue weighted by Gasteiger charge is 2.22. The maximum absolute atomic E-state index is 2.57. The van der Waals surface area contributed by atoms with Crippen LogP contribution in [0.3, 0.4) is 0 Å². The van der Waals surface area contributed by atoms with E-state index in [4.69, 9.17) is 0 Å². The molecule has 0 aromatic heterocycles. The molecule has 10 rings (SSSR count). The van der Waals surface area contributed by atoms with E-state index in [1.807, 2.05) is 0 Å². The Hall–Kier alpha value is -4.68. The zero-order chi connectivity index (χ0) is 60.1. The molecule has 0 unspecified atom stereocenters. The molecule has 0 heterocycles. The minimum atomic E-state index is 0.242. The fourth-order valence-corrected chi connectivity index (χ4v) is 12.6. The summed E-state index contributed by atoms with van der Waals surface area (Å²) in [5, 5.41) is 0. The Bertz CT molecular complexity index is 2660. The Kier molecular flexibility index (Phi) is 27.0. The molecule has 0 atom stereocenters. The maximum Gasteiger partial charge on any atom is -0.0132 e. The maximum atomic E-state index is 2.57. The van der Waals surface area contributed by atoms with Crippen molar-refractivity contribution in [2.24, 2.45) is 0 Å². The Morgan fingerprint density at radius 2 is 0.524 bits per heavy atom. The zero-order valence-electron chi connectivity index (χ0n) is 56.2. The quantitative estimate of drug-likeness (QED) is 0.165. The summed E-state index contributed by atoms with van der Waals surface area (Å²) < 4.78 is 0. The van der Waals surface area contributed by atoms with Gasteiger partial charge in [-0.15, -0.1) is 0 Å². The second-order valence-electron chi connectivity index (χ2n) is 30.2. The molecule has 0 spiro atoms. The van der Waals surface area contributed by atoms with E-state index < -0.39 is 0 Å². The summed E-state index contributed by atoms with van der Waals surface area (Å²) >= 11 is 0. The predicted molar refractivity (Wildman–Crippen MR) is 365 cm³/mol. The lowest BCUT2D eigenvalue weighted by Gasteiger charge is -2.26. The first kappa shape index (κ1) is 68.1. The minimum Gasteiger partial charge on any atom is -0.0617 e. The van der Waals surface area contributed by atoms with Gasteiger partial charge in [0.25, 0.3) is 0 Å². The lowest BCUT2D eigenvalue weighted by atomic mass is 9.79. The minimum absolute atomic E-state index is 0.242. The number of benzene rings is 6. The Balaban J connectivity index is 0.000000182. The summed E-state index contributed by atoms with van der Waals surface area (Å²) in [5.41, 5.74) is 21.5. The topological polar surface area (TPSA) is 0 Å². The number of aryl methyl sites for hydroxylation is 6. The van der Waals surface area contributed by atoms with Crippen LogP contribution in [0, 0.1) is 41.5 Å². The smallest absolute Gasteiger partial charge is 0.0132 e. The first-order valence-electron chi connectivity index (χ1n) is 33.2. The van der Waals surface area contributed by atoms with Gasteiger partial charge in [-0.25, -0.2) is 0 Å². The molecule has 4 saturated carbocycles. The van der Waals surface area contributed by atoms with Crippen molar-refractivity contribution in [3.8, 4) is 0 Å². The van der Waals surface area contributed by atoms with E-state index in [-0.39, 0.29) is 21.7 Å². The molecule has 0 saturated heterocycles. The molecule has 82 heavy (non-hydrogen) atoms. The van der Waals surface area contributed by atoms with Gasteiger partial charge in [0.2, 0.25) is 0 Å². The van der Waals surface area contributed by atoms with Crippen molar-refractivity contribution in [1.82, 2.24) is 0 Å². The largest absolute Gasteiger partial charge is 0.0617 e. The van der Waals surface area contributed by atoms with Gasteiger partial charge in [0, 0.05) is 0 Å². The Morgan fingerprint density at radius 1 is 0.220 bits per heavy atom. The van der Waals surface area contributed by atoms with Crippen molar-refractivity contribution in [2.45, 2.75) is 298 Å². The highest BCUT2D eigenvalue weighted by Crippen LogP contribution is 2.39. The van der Waals surface area contributed by atoms with Gasteiger partial charge in [0.1, 0.15) is 0 Å². The van der Waals surface area contributed by atoms with Crippen molar-refractivity contribution < 1.29 is 0 Å². The zero-order valence-corrected chi connectivity index (χ0v) is 56.2. The highest BCUT2D eigenvalue weighted by molar-refractivity contribution is 5.37. The van der Waals surface area contributed by atoms with E-state index in [1.54, 1.807) is 22.3 Å². The molecule has 0 N–H and O–H groups in total. The van der Waals surface area contributed by atoms with Crippen LogP contribution in [0.15, 0.2) is 133 Å². The summed E-state index contributed by atoms with van der Waals surface area (Å²) in [6.07, 6.45) is 28.6. The van der Waals surface area contributed by atoms with Crippen LogP contribution in [0.5, 0.6) is 0 Å². The summed E-state index contributed by atoms with van der Waals surface area (Å²) in [5.74, 6) is 3.43. The molecule has 0 bridgehead atoms. The molecule has 6 aromatic carbocycles. The molecule has 448 valence electrons. The van der Waals surface area contributed by atoms with E-state index in [9.17, 15) is 0 Å². The fourth-order valence-electron chi connectivity index (χ4n) is 12.6. The third-order valence-corrected chi connectivity index (χ3v) is 18.2. The molecule has 6 aromatic rings. The van der Waals surface area contributed by atoms with Crippen LogP contribution in [-0.4, -0.2) is 0 Å². The summed E-state index contributed by atoms with van der Waals surface area (Å²) in [4.78, 5) is 0. The van der Waals surface area contributed by atoms with Crippen LogP contribution < -0.4 is 0 Å². The van der Waals surface area contributed by atoms with Gasteiger partial charge >= 0.3 is 0 Å². The van der Waals surface area contributed by atoms with Crippen LogP contribution >= 0.6 is 0 Å². The van der Waals surface area contributed by atoms with Gasteiger partial charge < -0.3 is 0 Å². The van der Waals surface area contributed by atoms with Crippen molar-refractivity contribution in [2.75, 3.05) is 0 Å². The van der Waals surface area contributed by atoms with Crippen LogP contribution in [-0.2, 0) is 21.7 Å². The van der Waals surface area contributed by atoms with Gasteiger partial charge in [-0.1, -0.05) is 327 Å². The molecule has 4 aliphatic carbocycles. The lowest BCUT2D eigenvalue weighted by molar-refractivity contribution is 0.435. The molecule has 0 radical (unpaired) electrons. The van der Waals surface area contributed by atoms with Gasteiger partial charge in [0.15, 0.2) is 0 Å². The predicted octanol–water partition coefficient (Wildman–Crippen LogP) is 25.4. The average Bonchev–Trinajstić information content (AvgIpc) is 3.62.